The zero-order chi connectivity index (χ0) is 11.1. The van der Waals surface area contributed by atoms with E-state index in [9.17, 15) is 9.59 Å². The molecule has 2 amide bonds. The van der Waals surface area contributed by atoms with Crippen molar-refractivity contribution in [2.24, 2.45) is 0 Å². The minimum atomic E-state index is -0.680. The monoisotopic (exact) mass is 206 g/mol. The van der Waals surface area contributed by atoms with Crippen LogP contribution < -0.4 is 0 Å². The summed E-state index contributed by atoms with van der Waals surface area (Å²) in [6.45, 7) is 0.278. The first kappa shape index (κ1) is 11.2. The third-order valence-corrected chi connectivity index (χ3v) is 1.97. The van der Waals surface area contributed by atoms with Crippen LogP contribution in [0.25, 0.3) is 0 Å². The third-order valence-electron chi connectivity index (χ3n) is 1.97. The molecule has 1 aromatic carbocycles. The van der Waals surface area contributed by atoms with Crippen molar-refractivity contribution in [2.45, 2.75) is 6.42 Å². The van der Waals surface area contributed by atoms with Crippen LogP contribution in [0, 0.1) is 0 Å². The van der Waals surface area contributed by atoms with E-state index in [4.69, 9.17) is 0 Å². The first-order valence-electron chi connectivity index (χ1n) is 4.55. The molecule has 4 heteroatoms. The summed E-state index contributed by atoms with van der Waals surface area (Å²) in [5.74, 6) is 0. The molecule has 0 N–H and O–H groups in total. The second-order valence-electron chi connectivity index (χ2n) is 2.95. The Morgan fingerprint density at radius 3 is 2.60 bits per heavy atom. The summed E-state index contributed by atoms with van der Waals surface area (Å²) < 4.78 is 4.42. The Morgan fingerprint density at radius 1 is 1.40 bits per heavy atom. The number of methoxy groups -OCH3 is 1. The van der Waals surface area contributed by atoms with E-state index >= 15 is 0 Å². The molecule has 0 aliphatic heterocycles. The van der Waals surface area contributed by atoms with Crippen LogP contribution in [-0.4, -0.2) is 31.1 Å². The lowest BCUT2D eigenvalue weighted by molar-refractivity contribution is 0.145. The maximum absolute atomic E-state index is 11.0. The molecule has 0 saturated carbocycles. The van der Waals surface area contributed by atoms with Gasteiger partial charge in [-0.1, -0.05) is 30.3 Å². The average Bonchev–Trinajstić information content (AvgIpc) is 2.31. The summed E-state index contributed by atoms with van der Waals surface area (Å²) >= 11 is 0. The number of nitrogens with zero attached hydrogens (tertiary/aromatic N) is 1. The van der Waals surface area contributed by atoms with Crippen LogP contribution in [0.4, 0.5) is 4.79 Å². The van der Waals surface area contributed by atoms with Crippen molar-refractivity contribution < 1.29 is 14.3 Å². The van der Waals surface area contributed by atoms with Gasteiger partial charge in [0.2, 0.25) is 0 Å². The van der Waals surface area contributed by atoms with Gasteiger partial charge in [0.1, 0.15) is 0 Å². The molecule has 0 fully saturated rings. The van der Waals surface area contributed by atoms with E-state index in [1.807, 2.05) is 30.3 Å². The molecule has 79 valence electrons. The standard InChI is InChI=1S/C11H12NO3/c1-15-11(14)12(9-13)8-7-10-5-3-2-4-6-10/h2-6H,7-8H2,1H3. The molecule has 1 aromatic rings. The third kappa shape index (κ3) is 3.42. The fourth-order valence-corrected chi connectivity index (χ4v) is 1.17. The molecule has 0 spiro atoms. The van der Waals surface area contributed by atoms with Gasteiger partial charge in [-0.15, -0.1) is 0 Å². The Hall–Kier alpha value is -1.84. The van der Waals surface area contributed by atoms with E-state index in [1.165, 1.54) is 13.5 Å². The van der Waals surface area contributed by atoms with Gasteiger partial charge in [-0.2, -0.15) is 0 Å². The van der Waals surface area contributed by atoms with Crippen LogP contribution in [0.3, 0.4) is 0 Å². The predicted octanol–water partition coefficient (Wildman–Crippen LogP) is 1.36. The van der Waals surface area contributed by atoms with Gasteiger partial charge in [-0.3, -0.25) is 4.79 Å². The highest BCUT2D eigenvalue weighted by atomic mass is 16.5. The number of imide groups is 1. The summed E-state index contributed by atoms with van der Waals surface area (Å²) in [5, 5.41) is 0. The lowest BCUT2D eigenvalue weighted by Gasteiger charge is -2.12. The van der Waals surface area contributed by atoms with Gasteiger partial charge >= 0.3 is 12.5 Å². The van der Waals surface area contributed by atoms with Crippen LogP contribution in [-0.2, 0) is 16.0 Å². The Labute approximate surface area is 88.5 Å². The molecule has 0 unspecified atom stereocenters. The van der Waals surface area contributed by atoms with Crippen LogP contribution in [0.2, 0.25) is 0 Å². The average molecular weight is 206 g/mol. The van der Waals surface area contributed by atoms with Gasteiger partial charge in [0.25, 0.3) is 0 Å². The van der Waals surface area contributed by atoms with Crippen molar-refractivity contribution in [3.05, 3.63) is 35.9 Å². The number of hydrogen-bond acceptors (Lipinski definition) is 3. The van der Waals surface area contributed by atoms with Crippen LogP contribution in [0.1, 0.15) is 5.56 Å². The summed E-state index contributed by atoms with van der Waals surface area (Å²) in [6, 6.07) is 9.58. The SMILES string of the molecule is COC(=O)N([C]=O)CCc1ccccc1. The number of rotatable bonds is 4. The van der Waals surface area contributed by atoms with Crippen molar-refractivity contribution in [3.8, 4) is 0 Å². The maximum Gasteiger partial charge on any atom is 0.416 e. The van der Waals surface area contributed by atoms with E-state index in [0.29, 0.717) is 6.42 Å². The number of hydrogen-bond donors (Lipinski definition) is 0. The topological polar surface area (TPSA) is 46.6 Å². The first-order valence-corrected chi connectivity index (χ1v) is 4.55. The molecule has 0 atom stereocenters. The quantitative estimate of drug-likeness (QED) is 0.699. The van der Waals surface area contributed by atoms with E-state index in [2.05, 4.69) is 4.74 Å². The van der Waals surface area contributed by atoms with Crippen molar-refractivity contribution in [2.75, 3.05) is 13.7 Å². The second kappa shape index (κ2) is 5.80. The van der Waals surface area contributed by atoms with Crippen molar-refractivity contribution in [1.29, 1.82) is 0 Å². The highest BCUT2D eigenvalue weighted by Crippen LogP contribution is 2.01. The molecule has 0 heterocycles. The van der Waals surface area contributed by atoms with Crippen molar-refractivity contribution in [3.63, 3.8) is 0 Å². The Kier molecular flexibility index (Phi) is 4.34. The van der Waals surface area contributed by atoms with Gasteiger partial charge in [-0.25, -0.2) is 9.69 Å². The summed E-state index contributed by atoms with van der Waals surface area (Å²) in [6.07, 6.45) is 1.45. The maximum atomic E-state index is 11.0. The number of carbonyl (C=O) groups is 1. The minimum Gasteiger partial charge on any atom is -0.452 e. The van der Waals surface area contributed by atoms with E-state index in [-0.39, 0.29) is 6.54 Å². The van der Waals surface area contributed by atoms with Crippen LogP contribution in [0.5, 0.6) is 0 Å². The molecule has 0 aliphatic carbocycles. The molecule has 1 rings (SSSR count). The second-order valence-corrected chi connectivity index (χ2v) is 2.95. The molecule has 0 aromatic heterocycles. The lowest BCUT2D eigenvalue weighted by atomic mass is 10.1. The lowest BCUT2D eigenvalue weighted by Crippen LogP contribution is -2.31. The Morgan fingerprint density at radius 2 is 2.07 bits per heavy atom. The van der Waals surface area contributed by atoms with Crippen LogP contribution in [0.15, 0.2) is 30.3 Å². The van der Waals surface area contributed by atoms with E-state index in [1.54, 1.807) is 0 Å². The highest BCUT2D eigenvalue weighted by Gasteiger charge is 2.12. The van der Waals surface area contributed by atoms with Crippen molar-refractivity contribution in [1.82, 2.24) is 4.90 Å². The van der Waals surface area contributed by atoms with Crippen molar-refractivity contribution >= 4 is 12.5 Å². The largest absolute Gasteiger partial charge is 0.452 e. The zero-order valence-electron chi connectivity index (χ0n) is 8.47. The molecule has 0 aliphatic rings. The summed E-state index contributed by atoms with van der Waals surface area (Å²) in [5.41, 5.74) is 1.06. The normalized spacial score (nSPS) is 9.40. The number of ether oxygens (including phenoxy) is 1. The van der Waals surface area contributed by atoms with E-state index < -0.39 is 6.09 Å². The zero-order valence-corrected chi connectivity index (χ0v) is 8.47. The minimum absolute atomic E-state index is 0.278. The molecular weight excluding hydrogens is 194 g/mol. The van der Waals surface area contributed by atoms with E-state index in [0.717, 1.165) is 10.5 Å². The molecule has 1 radical (unpaired) electrons. The predicted molar refractivity (Wildman–Crippen MR) is 55.0 cm³/mol. The van der Waals surface area contributed by atoms with Gasteiger partial charge in [0.05, 0.1) is 7.11 Å². The molecule has 0 bridgehead atoms. The first-order chi connectivity index (χ1) is 7.27. The number of carbonyl (C=O) groups excluding carboxylic acids is 2. The van der Waals surface area contributed by atoms with Gasteiger partial charge in [0.15, 0.2) is 0 Å². The van der Waals surface area contributed by atoms with Crippen LogP contribution >= 0.6 is 0 Å². The molecule has 15 heavy (non-hydrogen) atoms. The summed E-state index contributed by atoms with van der Waals surface area (Å²) in [4.78, 5) is 22.3. The Bertz CT molecular complexity index is 324. The summed E-state index contributed by atoms with van der Waals surface area (Å²) in [7, 11) is 1.23. The molecule has 4 nitrogen and oxygen atoms in total. The van der Waals surface area contributed by atoms with Gasteiger partial charge in [0, 0.05) is 6.54 Å². The molecule has 0 saturated heterocycles. The van der Waals surface area contributed by atoms with Gasteiger partial charge < -0.3 is 4.74 Å². The fourth-order valence-electron chi connectivity index (χ4n) is 1.17. The van der Waals surface area contributed by atoms with Gasteiger partial charge in [-0.05, 0) is 12.0 Å². The Balaban J connectivity index is 2.48. The molecular formula is C11H12NO3. The fraction of sp³-hybridized carbons (Fsp3) is 0.273. The smallest absolute Gasteiger partial charge is 0.416 e. The number of amides is 2. The number of benzene rings is 1. The highest BCUT2D eigenvalue weighted by molar-refractivity contribution is 5.80.